The summed E-state index contributed by atoms with van der Waals surface area (Å²) in [6.45, 7) is 2.58. The highest BCUT2D eigenvalue weighted by molar-refractivity contribution is 6.33. The van der Waals surface area contributed by atoms with Gasteiger partial charge < -0.3 is 20.5 Å². The maximum absolute atomic E-state index is 11.2. The molecule has 1 aromatic rings. The molecule has 2 fully saturated rings. The molecule has 3 N–H and O–H groups in total. The van der Waals surface area contributed by atoms with E-state index in [1.165, 1.54) is 0 Å². The number of halogens is 1. The smallest absolute Gasteiger partial charge is 0.250 e. The molecule has 2 heterocycles. The summed E-state index contributed by atoms with van der Waals surface area (Å²) < 4.78 is 11.9. The van der Waals surface area contributed by atoms with E-state index >= 15 is 0 Å². The summed E-state index contributed by atoms with van der Waals surface area (Å²) in [4.78, 5) is 11.2. The number of primary amides is 1. The predicted octanol–water partition coefficient (Wildman–Crippen LogP) is 1.73. The summed E-state index contributed by atoms with van der Waals surface area (Å²) in [5, 5.41) is 3.66. The topological polar surface area (TPSA) is 73.6 Å². The molecule has 2 aliphatic heterocycles. The first-order valence-corrected chi connectivity index (χ1v) is 7.56. The van der Waals surface area contributed by atoms with Crippen molar-refractivity contribution in [2.45, 2.75) is 31.0 Å². The number of piperidine rings is 1. The van der Waals surface area contributed by atoms with Crippen LogP contribution in [0.1, 0.15) is 29.6 Å². The van der Waals surface area contributed by atoms with Crippen LogP contribution < -0.4 is 15.8 Å². The van der Waals surface area contributed by atoms with Crippen LogP contribution in [0.3, 0.4) is 0 Å². The van der Waals surface area contributed by atoms with Gasteiger partial charge in [-0.3, -0.25) is 4.79 Å². The van der Waals surface area contributed by atoms with Crippen LogP contribution in [0.2, 0.25) is 5.02 Å². The van der Waals surface area contributed by atoms with Crippen molar-refractivity contribution in [2.75, 3.05) is 19.7 Å². The average molecular weight is 311 g/mol. The normalized spacial score (nSPS) is 24.1. The first-order valence-electron chi connectivity index (χ1n) is 7.19. The second kappa shape index (κ2) is 5.83. The van der Waals surface area contributed by atoms with E-state index in [4.69, 9.17) is 26.8 Å². The predicted molar refractivity (Wildman–Crippen MR) is 79.8 cm³/mol. The lowest BCUT2D eigenvalue weighted by Gasteiger charge is -2.32. The zero-order chi connectivity index (χ0) is 14.9. The van der Waals surface area contributed by atoms with Crippen LogP contribution in [-0.4, -0.2) is 37.3 Å². The molecule has 114 valence electrons. The van der Waals surface area contributed by atoms with Gasteiger partial charge in [0, 0.05) is 6.42 Å². The SMILES string of the molecule is NC(=O)c1ccc(OC2COC3(CCNCC3)C2)cc1Cl. The van der Waals surface area contributed by atoms with E-state index < -0.39 is 5.91 Å². The minimum atomic E-state index is -0.538. The molecule has 0 aromatic heterocycles. The van der Waals surface area contributed by atoms with Crippen molar-refractivity contribution < 1.29 is 14.3 Å². The summed E-state index contributed by atoms with van der Waals surface area (Å²) in [6.07, 6.45) is 2.96. The van der Waals surface area contributed by atoms with Gasteiger partial charge in [-0.05, 0) is 44.1 Å². The second-order valence-corrected chi connectivity index (χ2v) is 6.10. The van der Waals surface area contributed by atoms with Crippen LogP contribution in [0.15, 0.2) is 18.2 Å². The maximum Gasteiger partial charge on any atom is 0.250 e. The van der Waals surface area contributed by atoms with E-state index in [1.54, 1.807) is 18.2 Å². The van der Waals surface area contributed by atoms with E-state index in [0.717, 1.165) is 32.4 Å². The number of rotatable bonds is 3. The van der Waals surface area contributed by atoms with Gasteiger partial charge in [-0.25, -0.2) is 0 Å². The zero-order valence-corrected chi connectivity index (χ0v) is 12.5. The summed E-state index contributed by atoms with van der Waals surface area (Å²) in [5.41, 5.74) is 5.50. The third kappa shape index (κ3) is 3.15. The molecular formula is C15H19ClN2O3. The Bertz CT molecular complexity index is 544. The number of carbonyl (C=O) groups is 1. The Balaban J connectivity index is 1.65. The van der Waals surface area contributed by atoms with Gasteiger partial charge in [-0.2, -0.15) is 0 Å². The van der Waals surface area contributed by atoms with Crippen LogP contribution >= 0.6 is 11.6 Å². The van der Waals surface area contributed by atoms with Crippen LogP contribution in [-0.2, 0) is 4.74 Å². The van der Waals surface area contributed by atoms with Gasteiger partial charge in [0.2, 0.25) is 5.91 Å². The lowest BCUT2D eigenvalue weighted by Crippen LogP contribution is -2.41. The number of carbonyl (C=O) groups excluding carboxylic acids is 1. The van der Waals surface area contributed by atoms with Crippen molar-refractivity contribution in [3.63, 3.8) is 0 Å². The van der Waals surface area contributed by atoms with Crippen molar-refractivity contribution in [2.24, 2.45) is 5.73 Å². The second-order valence-electron chi connectivity index (χ2n) is 5.69. The van der Waals surface area contributed by atoms with Gasteiger partial charge in [0.25, 0.3) is 0 Å². The van der Waals surface area contributed by atoms with E-state index in [9.17, 15) is 4.79 Å². The lowest BCUT2D eigenvalue weighted by atomic mass is 9.89. The minimum Gasteiger partial charge on any atom is -0.488 e. The molecule has 0 saturated carbocycles. The highest BCUT2D eigenvalue weighted by Gasteiger charge is 2.42. The van der Waals surface area contributed by atoms with Crippen molar-refractivity contribution >= 4 is 17.5 Å². The number of nitrogens with one attached hydrogen (secondary N) is 1. The highest BCUT2D eigenvalue weighted by Crippen LogP contribution is 2.36. The molecule has 21 heavy (non-hydrogen) atoms. The largest absolute Gasteiger partial charge is 0.488 e. The molecule has 3 rings (SSSR count). The molecule has 0 bridgehead atoms. The molecule has 1 spiro atoms. The fourth-order valence-corrected chi connectivity index (χ4v) is 3.33. The number of nitrogens with two attached hydrogens (primary N) is 1. The van der Waals surface area contributed by atoms with E-state index in [-0.39, 0.29) is 11.7 Å². The van der Waals surface area contributed by atoms with Crippen molar-refractivity contribution in [1.29, 1.82) is 0 Å². The van der Waals surface area contributed by atoms with Crippen LogP contribution in [0.4, 0.5) is 0 Å². The summed E-state index contributed by atoms with van der Waals surface area (Å²) in [5.74, 6) is 0.106. The Hall–Kier alpha value is -1.30. The third-order valence-electron chi connectivity index (χ3n) is 4.20. The summed E-state index contributed by atoms with van der Waals surface area (Å²) in [7, 11) is 0. The molecule has 2 aliphatic rings. The number of ether oxygens (including phenoxy) is 2. The Morgan fingerprint density at radius 3 is 2.86 bits per heavy atom. The molecule has 1 atom stereocenters. The molecule has 1 unspecified atom stereocenters. The van der Waals surface area contributed by atoms with Crippen molar-refractivity contribution in [3.8, 4) is 5.75 Å². The molecule has 1 aromatic carbocycles. The maximum atomic E-state index is 11.2. The standard InChI is InChI=1S/C15H19ClN2O3/c16-13-7-10(1-2-12(13)14(17)19)21-11-8-15(20-9-11)3-5-18-6-4-15/h1-2,7,11,18H,3-6,8-9H2,(H2,17,19). The fourth-order valence-electron chi connectivity index (χ4n) is 3.07. The zero-order valence-electron chi connectivity index (χ0n) is 11.7. The number of amides is 1. The Kier molecular flexibility index (Phi) is 4.06. The molecule has 5 nitrogen and oxygen atoms in total. The number of hydrogen-bond acceptors (Lipinski definition) is 4. The first-order chi connectivity index (χ1) is 10.1. The minimum absolute atomic E-state index is 0.0265. The van der Waals surface area contributed by atoms with Gasteiger partial charge in [-0.15, -0.1) is 0 Å². The highest BCUT2D eigenvalue weighted by atomic mass is 35.5. The summed E-state index contributed by atoms with van der Waals surface area (Å²) in [6, 6.07) is 4.95. The van der Waals surface area contributed by atoms with Gasteiger partial charge >= 0.3 is 0 Å². The summed E-state index contributed by atoms with van der Waals surface area (Å²) >= 11 is 6.03. The molecule has 0 aliphatic carbocycles. The Labute approximate surface area is 128 Å². The molecule has 0 radical (unpaired) electrons. The monoisotopic (exact) mass is 310 g/mol. The molecule has 1 amide bonds. The van der Waals surface area contributed by atoms with E-state index in [1.807, 2.05) is 0 Å². The van der Waals surface area contributed by atoms with Gasteiger partial charge in [0.1, 0.15) is 11.9 Å². The van der Waals surface area contributed by atoms with Crippen molar-refractivity contribution in [3.05, 3.63) is 28.8 Å². The number of hydrogen-bond donors (Lipinski definition) is 2. The fraction of sp³-hybridized carbons (Fsp3) is 0.533. The molecule has 2 saturated heterocycles. The quantitative estimate of drug-likeness (QED) is 0.891. The third-order valence-corrected chi connectivity index (χ3v) is 4.51. The Morgan fingerprint density at radius 2 is 2.19 bits per heavy atom. The van der Waals surface area contributed by atoms with Crippen LogP contribution in [0.25, 0.3) is 0 Å². The average Bonchev–Trinajstić information content (AvgIpc) is 2.82. The lowest BCUT2D eigenvalue weighted by molar-refractivity contribution is -0.0205. The van der Waals surface area contributed by atoms with Gasteiger partial charge in [0.15, 0.2) is 0 Å². The van der Waals surface area contributed by atoms with Crippen molar-refractivity contribution in [1.82, 2.24) is 5.32 Å². The van der Waals surface area contributed by atoms with Gasteiger partial charge in [-0.1, -0.05) is 11.6 Å². The van der Waals surface area contributed by atoms with E-state index in [0.29, 0.717) is 22.9 Å². The Morgan fingerprint density at radius 1 is 1.43 bits per heavy atom. The molecule has 6 heteroatoms. The van der Waals surface area contributed by atoms with Gasteiger partial charge in [0.05, 0.1) is 22.8 Å². The first kappa shape index (κ1) is 14.6. The molecular weight excluding hydrogens is 292 g/mol. The van der Waals surface area contributed by atoms with E-state index in [2.05, 4.69) is 5.32 Å². The van der Waals surface area contributed by atoms with Crippen LogP contribution in [0, 0.1) is 0 Å². The van der Waals surface area contributed by atoms with Crippen LogP contribution in [0.5, 0.6) is 5.75 Å². The number of benzene rings is 1.